The summed E-state index contributed by atoms with van der Waals surface area (Å²) in [5.41, 5.74) is 0.503. The first-order valence-electron chi connectivity index (χ1n) is 13.2. The van der Waals surface area contributed by atoms with Crippen molar-refractivity contribution in [2.75, 3.05) is 6.54 Å². The molecule has 0 saturated heterocycles. The highest BCUT2D eigenvalue weighted by atomic mass is 16.6. The largest absolute Gasteiger partial charge is 0.508 e. The number of nitrogens with one attached hydrogen (secondary N) is 2. The van der Waals surface area contributed by atoms with Crippen LogP contribution in [-0.4, -0.2) is 52.1 Å². The third-order valence-corrected chi connectivity index (χ3v) is 6.36. The molecule has 8 heteroatoms. The van der Waals surface area contributed by atoms with E-state index in [0.717, 1.165) is 12.8 Å². The van der Waals surface area contributed by atoms with Crippen LogP contribution in [0, 0.1) is 12.8 Å². The number of hydrogen-bond acceptors (Lipinski definition) is 5. The second-order valence-electron chi connectivity index (χ2n) is 10.6. The van der Waals surface area contributed by atoms with Gasteiger partial charge in [0.25, 0.3) is 0 Å². The maximum atomic E-state index is 14.2. The minimum Gasteiger partial charge on any atom is -0.508 e. The van der Waals surface area contributed by atoms with Crippen LogP contribution in [0.5, 0.6) is 5.75 Å². The average Bonchev–Trinajstić information content (AvgIpc) is 2.80. The van der Waals surface area contributed by atoms with Crippen molar-refractivity contribution in [3.63, 3.8) is 0 Å². The number of benzene rings is 1. The number of carbonyl (C=O) groups is 3. The standard InChI is InChI=1S/C28H47N3O5/c1-10-13-16-29-25(33)24(21-14-15-22(32)19(5)17-21)31(20(6)12-3)26(34)23(18(4)11-2)30-27(35)36-28(7,8)9/h14-15,17-18,20,23-24,32H,10-13,16H2,1-9H3,(H,29,33)(H,30,35). The summed E-state index contributed by atoms with van der Waals surface area (Å²) >= 11 is 0. The van der Waals surface area contributed by atoms with E-state index in [1.54, 1.807) is 50.8 Å². The van der Waals surface area contributed by atoms with Crippen molar-refractivity contribution in [2.24, 2.45) is 5.92 Å². The first-order chi connectivity index (χ1) is 16.8. The number of hydrogen-bond donors (Lipinski definition) is 3. The Hall–Kier alpha value is -2.77. The van der Waals surface area contributed by atoms with Crippen LogP contribution in [0.3, 0.4) is 0 Å². The molecule has 0 heterocycles. The van der Waals surface area contributed by atoms with E-state index < -0.39 is 23.8 Å². The van der Waals surface area contributed by atoms with E-state index >= 15 is 0 Å². The Bertz CT molecular complexity index is 880. The average molecular weight is 506 g/mol. The number of phenols is 1. The molecule has 0 fully saturated rings. The van der Waals surface area contributed by atoms with Crippen LogP contribution >= 0.6 is 0 Å². The Labute approximate surface area is 217 Å². The Morgan fingerprint density at radius 3 is 2.22 bits per heavy atom. The molecule has 0 aromatic heterocycles. The van der Waals surface area contributed by atoms with Gasteiger partial charge in [-0.2, -0.15) is 0 Å². The van der Waals surface area contributed by atoms with Gasteiger partial charge in [-0.15, -0.1) is 0 Å². The zero-order valence-electron chi connectivity index (χ0n) is 23.6. The summed E-state index contributed by atoms with van der Waals surface area (Å²) in [4.78, 5) is 42.0. The number of alkyl carbamates (subject to hydrolysis) is 1. The van der Waals surface area contributed by atoms with Crippen LogP contribution in [0.1, 0.15) is 98.2 Å². The van der Waals surface area contributed by atoms with Crippen LogP contribution in [0.15, 0.2) is 18.2 Å². The van der Waals surface area contributed by atoms with E-state index in [0.29, 0.717) is 30.5 Å². The summed E-state index contributed by atoms with van der Waals surface area (Å²) in [6.45, 7) is 17.3. The molecule has 4 atom stereocenters. The lowest BCUT2D eigenvalue weighted by molar-refractivity contribution is -0.146. The lowest BCUT2D eigenvalue weighted by Crippen LogP contribution is -2.57. The summed E-state index contributed by atoms with van der Waals surface area (Å²) < 4.78 is 5.44. The summed E-state index contributed by atoms with van der Waals surface area (Å²) in [7, 11) is 0. The molecule has 1 rings (SSSR count). The highest BCUT2D eigenvalue weighted by Gasteiger charge is 2.40. The fourth-order valence-electron chi connectivity index (χ4n) is 3.85. The summed E-state index contributed by atoms with van der Waals surface area (Å²) in [6, 6.07) is 2.87. The number of aryl methyl sites for hydroxylation is 1. The molecule has 0 bridgehead atoms. The number of rotatable bonds is 12. The molecule has 36 heavy (non-hydrogen) atoms. The van der Waals surface area contributed by atoms with Gasteiger partial charge in [0.1, 0.15) is 23.4 Å². The second-order valence-corrected chi connectivity index (χ2v) is 10.6. The number of phenolic OH excluding ortho intramolecular Hbond substituents is 1. The molecule has 3 N–H and O–H groups in total. The predicted octanol–water partition coefficient (Wildman–Crippen LogP) is 5.22. The smallest absolute Gasteiger partial charge is 0.408 e. The summed E-state index contributed by atoms with van der Waals surface area (Å²) in [5, 5.41) is 15.8. The van der Waals surface area contributed by atoms with Gasteiger partial charge in [0.05, 0.1) is 0 Å². The van der Waals surface area contributed by atoms with E-state index in [9.17, 15) is 19.5 Å². The monoisotopic (exact) mass is 505 g/mol. The Morgan fingerprint density at radius 1 is 1.08 bits per heavy atom. The predicted molar refractivity (Wildman–Crippen MR) is 143 cm³/mol. The van der Waals surface area contributed by atoms with Crippen molar-refractivity contribution in [1.82, 2.24) is 15.5 Å². The molecular formula is C28H47N3O5. The van der Waals surface area contributed by atoms with Gasteiger partial charge in [0, 0.05) is 12.6 Å². The Kier molecular flexibility index (Phi) is 12.2. The third-order valence-electron chi connectivity index (χ3n) is 6.36. The number of aromatic hydroxyl groups is 1. The van der Waals surface area contributed by atoms with Gasteiger partial charge in [0.15, 0.2) is 0 Å². The second kappa shape index (κ2) is 14.1. The van der Waals surface area contributed by atoms with Gasteiger partial charge >= 0.3 is 6.09 Å². The van der Waals surface area contributed by atoms with Crippen molar-refractivity contribution in [3.8, 4) is 5.75 Å². The fraction of sp³-hybridized carbons (Fsp3) is 0.679. The zero-order valence-corrected chi connectivity index (χ0v) is 23.6. The summed E-state index contributed by atoms with van der Waals surface area (Å²) in [6.07, 6.45) is 2.33. The van der Waals surface area contributed by atoms with E-state index in [2.05, 4.69) is 10.6 Å². The number of nitrogens with zero attached hydrogens (tertiary/aromatic N) is 1. The minimum atomic E-state index is -0.921. The molecule has 1 aromatic carbocycles. The highest BCUT2D eigenvalue weighted by Crippen LogP contribution is 2.30. The molecule has 8 nitrogen and oxygen atoms in total. The van der Waals surface area contributed by atoms with E-state index in [1.807, 2.05) is 34.6 Å². The third kappa shape index (κ3) is 9.03. The van der Waals surface area contributed by atoms with Crippen molar-refractivity contribution < 1.29 is 24.2 Å². The van der Waals surface area contributed by atoms with Crippen molar-refractivity contribution >= 4 is 17.9 Å². The summed E-state index contributed by atoms with van der Waals surface area (Å²) in [5.74, 6) is -0.704. The number of ether oxygens (including phenoxy) is 1. The molecule has 0 radical (unpaired) electrons. The molecule has 0 aliphatic carbocycles. The topological polar surface area (TPSA) is 108 Å². The molecule has 3 amide bonds. The van der Waals surface area contributed by atoms with Gasteiger partial charge in [-0.3, -0.25) is 9.59 Å². The van der Waals surface area contributed by atoms with Crippen molar-refractivity contribution in [2.45, 2.75) is 112 Å². The maximum absolute atomic E-state index is 14.2. The maximum Gasteiger partial charge on any atom is 0.408 e. The molecule has 0 spiro atoms. The lowest BCUT2D eigenvalue weighted by Gasteiger charge is -2.39. The van der Waals surface area contributed by atoms with Gasteiger partial charge < -0.3 is 25.4 Å². The fourth-order valence-corrected chi connectivity index (χ4v) is 3.85. The van der Waals surface area contributed by atoms with E-state index in [-0.39, 0.29) is 29.5 Å². The molecule has 0 aliphatic rings. The zero-order chi connectivity index (χ0) is 27.6. The quantitative estimate of drug-likeness (QED) is 0.337. The van der Waals surface area contributed by atoms with E-state index in [1.165, 1.54) is 0 Å². The van der Waals surface area contributed by atoms with Gasteiger partial charge in [0.2, 0.25) is 11.8 Å². The number of amides is 3. The van der Waals surface area contributed by atoms with Crippen molar-refractivity contribution in [1.29, 1.82) is 0 Å². The molecular weight excluding hydrogens is 458 g/mol. The van der Waals surface area contributed by atoms with Crippen molar-refractivity contribution in [3.05, 3.63) is 29.3 Å². The number of carbonyl (C=O) groups excluding carboxylic acids is 3. The van der Waals surface area contributed by atoms with Gasteiger partial charge in [-0.1, -0.05) is 46.6 Å². The Morgan fingerprint density at radius 2 is 1.72 bits per heavy atom. The molecule has 204 valence electrons. The van der Waals surface area contributed by atoms with Crippen LogP contribution in [-0.2, 0) is 14.3 Å². The first-order valence-corrected chi connectivity index (χ1v) is 13.2. The molecule has 1 aromatic rings. The van der Waals surface area contributed by atoms with Crippen LogP contribution in [0.25, 0.3) is 0 Å². The van der Waals surface area contributed by atoms with Crippen LogP contribution in [0.2, 0.25) is 0 Å². The number of unbranched alkanes of at least 4 members (excludes halogenated alkanes) is 1. The Balaban J connectivity index is 3.56. The minimum absolute atomic E-state index is 0.120. The molecule has 0 aliphatic heterocycles. The van der Waals surface area contributed by atoms with Crippen LogP contribution < -0.4 is 10.6 Å². The van der Waals surface area contributed by atoms with Crippen LogP contribution in [0.4, 0.5) is 4.79 Å². The first kappa shape index (κ1) is 31.3. The highest BCUT2D eigenvalue weighted by molar-refractivity contribution is 5.92. The van der Waals surface area contributed by atoms with Gasteiger partial charge in [-0.05, 0) is 76.6 Å². The molecule has 0 saturated carbocycles. The lowest BCUT2D eigenvalue weighted by atomic mass is 9.93. The normalized spacial score (nSPS) is 14.8. The molecule has 4 unspecified atom stereocenters. The SMILES string of the molecule is CCCCNC(=O)C(c1ccc(O)c(C)c1)N(C(=O)C(NC(=O)OC(C)(C)C)C(C)CC)C(C)CC. The van der Waals surface area contributed by atoms with Gasteiger partial charge in [-0.25, -0.2) is 4.79 Å². The van der Waals surface area contributed by atoms with E-state index in [4.69, 9.17) is 4.74 Å².